The molecule has 4 aliphatic rings. The van der Waals surface area contributed by atoms with E-state index in [0.29, 0.717) is 17.4 Å². The Hall–Kier alpha value is -0.830. The zero-order chi connectivity index (χ0) is 13.5. The van der Waals surface area contributed by atoms with Crippen molar-refractivity contribution in [3.63, 3.8) is 0 Å². The maximum absolute atomic E-state index is 12.9. The third-order valence-electron chi connectivity index (χ3n) is 6.82. The SMILES string of the molecule is CCc1cc(C(=O)N2CC3CC4CC5CC2C45C3)cs1. The van der Waals surface area contributed by atoms with Gasteiger partial charge in [-0.05, 0) is 61.3 Å². The van der Waals surface area contributed by atoms with Crippen LogP contribution in [0.15, 0.2) is 11.4 Å². The van der Waals surface area contributed by atoms with Crippen molar-refractivity contribution in [1.82, 2.24) is 4.90 Å². The highest BCUT2D eigenvalue weighted by molar-refractivity contribution is 7.10. The van der Waals surface area contributed by atoms with Crippen LogP contribution in [-0.4, -0.2) is 23.4 Å². The Bertz CT molecular complexity index is 594. The average molecular weight is 287 g/mol. The van der Waals surface area contributed by atoms with Crippen molar-refractivity contribution >= 4 is 17.2 Å². The molecule has 4 fully saturated rings. The van der Waals surface area contributed by atoms with Crippen molar-refractivity contribution in [1.29, 1.82) is 0 Å². The van der Waals surface area contributed by atoms with Crippen LogP contribution in [0, 0.1) is 23.2 Å². The summed E-state index contributed by atoms with van der Waals surface area (Å²) in [7, 11) is 0. The molecule has 1 spiro atoms. The number of amides is 1. The Labute approximate surface area is 124 Å². The zero-order valence-corrected chi connectivity index (χ0v) is 12.8. The summed E-state index contributed by atoms with van der Waals surface area (Å²) in [5, 5.41) is 2.07. The molecule has 0 radical (unpaired) electrons. The van der Waals surface area contributed by atoms with E-state index in [2.05, 4.69) is 23.3 Å². The highest BCUT2D eigenvalue weighted by Gasteiger charge is 2.73. The topological polar surface area (TPSA) is 20.3 Å². The molecule has 5 unspecified atom stereocenters. The van der Waals surface area contributed by atoms with Gasteiger partial charge in [0.2, 0.25) is 0 Å². The number of aryl methyl sites for hydroxylation is 1. The molecular weight excluding hydrogens is 266 g/mol. The Morgan fingerprint density at radius 1 is 1.40 bits per heavy atom. The summed E-state index contributed by atoms with van der Waals surface area (Å²) in [5.41, 5.74) is 1.53. The number of hydrogen-bond acceptors (Lipinski definition) is 2. The fourth-order valence-corrected chi connectivity index (χ4v) is 6.75. The van der Waals surface area contributed by atoms with Crippen LogP contribution in [-0.2, 0) is 6.42 Å². The molecule has 1 saturated heterocycles. The van der Waals surface area contributed by atoms with Crippen molar-refractivity contribution in [2.45, 2.75) is 45.1 Å². The Balaban J connectivity index is 1.46. The molecule has 1 amide bonds. The predicted molar refractivity (Wildman–Crippen MR) is 79.9 cm³/mol. The van der Waals surface area contributed by atoms with E-state index < -0.39 is 0 Å². The Morgan fingerprint density at radius 3 is 3.00 bits per heavy atom. The Kier molecular flexibility index (Phi) is 2.17. The molecule has 106 valence electrons. The molecule has 2 heterocycles. The van der Waals surface area contributed by atoms with Crippen molar-refractivity contribution in [3.8, 4) is 0 Å². The predicted octanol–water partition coefficient (Wildman–Crippen LogP) is 3.57. The van der Waals surface area contributed by atoms with Crippen LogP contribution in [0.25, 0.3) is 0 Å². The largest absolute Gasteiger partial charge is 0.335 e. The summed E-state index contributed by atoms with van der Waals surface area (Å²) < 4.78 is 0. The lowest BCUT2D eigenvalue weighted by Gasteiger charge is -2.69. The third kappa shape index (κ3) is 1.20. The monoisotopic (exact) mass is 287 g/mol. The first kappa shape index (κ1) is 11.8. The van der Waals surface area contributed by atoms with Gasteiger partial charge in [-0.25, -0.2) is 0 Å². The van der Waals surface area contributed by atoms with Crippen molar-refractivity contribution in [3.05, 3.63) is 21.9 Å². The molecule has 0 aromatic carbocycles. The molecular formula is C17H21NOS. The second-order valence-corrected chi connectivity index (χ2v) is 8.41. The van der Waals surface area contributed by atoms with Crippen LogP contribution in [0.2, 0.25) is 0 Å². The molecule has 5 rings (SSSR count). The molecule has 1 aromatic heterocycles. The normalized spacial score (nSPS) is 43.8. The lowest BCUT2D eigenvalue weighted by atomic mass is 9.40. The van der Waals surface area contributed by atoms with Crippen LogP contribution in [0.1, 0.15) is 47.8 Å². The minimum Gasteiger partial charge on any atom is -0.335 e. The molecule has 3 saturated carbocycles. The van der Waals surface area contributed by atoms with Crippen LogP contribution in [0.4, 0.5) is 0 Å². The molecule has 1 aliphatic heterocycles. The summed E-state index contributed by atoms with van der Waals surface area (Å²) >= 11 is 1.74. The van der Waals surface area contributed by atoms with Crippen molar-refractivity contribution in [2.75, 3.05) is 6.54 Å². The van der Waals surface area contributed by atoms with Gasteiger partial charge in [-0.1, -0.05) is 6.92 Å². The van der Waals surface area contributed by atoms with Gasteiger partial charge in [-0.15, -0.1) is 11.3 Å². The first-order valence-electron chi connectivity index (χ1n) is 8.10. The molecule has 20 heavy (non-hydrogen) atoms. The minimum atomic E-state index is 0.320. The minimum absolute atomic E-state index is 0.320. The van der Waals surface area contributed by atoms with E-state index in [4.69, 9.17) is 0 Å². The van der Waals surface area contributed by atoms with Gasteiger partial charge in [0.05, 0.1) is 5.56 Å². The zero-order valence-electron chi connectivity index (χ0n) is 12.0. The number of carbonyl (C=O) groups excluding carboxylic acids is 1. The fourth-order valence-electron chi connectivity index (χ4n) is 5.94. The van der Waals surface area contributed by atoms with Gasteiger partial charge in [0.25, 0.3) is 5.91 Å². The highest BCUT2D eigenvalue weighted by atomic mass is 32.1. The van der Waals surface area contributed by atoms with Crippen molar-refractivity contribution in [2.24, 2.45) is 23.2 Å². The van der Waals surface area contributed by atoms with Gasteiger partial charge >= 0.3 is 0 Å². The number of fused-ring (bicyclic) bond motifs is 1. The third-order valence-corrected chi connectivity index (χ3v) is 7.90. The van der Waals surface area contributed by atoms with Crippen LogP contribution < -0.4 is 0 Å². The standard InChI is InChI=1S/C17H21NOS/c1-2-14-4-11(9-20-14)16(19)18-8-10-3-12-5-13-6-15(18)17(12,13)7-10/h4,9-10,12-13,15H,2-3,5-8H2,1H3. The van der Waals surface area contributed by atoms with Gasteiger partial charge in [-0.3, -0.25) is 4.79 Å². The maximum Gasteiger partial charge on any atom is 0.254 e. The quantitative estimate of drug-likeness (QED) is 0.814. The van der Waals surface area contributed by atoms with E-state index in [0.717, 1.165) is 36.3 Å². The van der Waals surface area contributed by atoms with Gasteiger partial charge in [0.1, 0.15) is 0 Å². The molecule has 3 heteroatoms. The van der Waals surface area contributed by atoms with E-state index in [1.807, 2.05) is 0 Å². The smallest absolute Gasteiger partial charge is 0.254 e. The first-order chi connectivity index (χ1) is 9.72. The average Bonchev–Trinajstić information content (AvgIpc) is 3.06. The number of thiophene rings is 1. The summed E-state index contributed by atoms with van der Waals surface area (Å²) in [6.07, 6.45) is 6.63. The van der Waals surface area contributed by atoms with E-state index >= 15 is 0 Å². The summed E-state index contributed by atoms with van der Waals surface area (Å²) in [4.78, 5) is 16.5. The lowest BCUT2D eigenvalue weighted by molar-refractivity contribution is -0.191. The van der Waals surface area contributed by atoms with E-state index in [9.17, 15) is 4.79 Å². The second-order valence-electron chi connectivity index (χ2n) is 7.41. The highest BCUT2D eigenvalue weighted by Crippen LogP contribution is 2.75. The van der Waals surface area contributed by atoms with E-state index in [1.54, 1.807) is 11.3 Å². The van der Waals surface area contributed by atoms with E-state index in [1.165, 1.54) is 30.6 Å². The lowest BCUT2D eigenvalue weighted by Crippen LogP contribution is -2.71. The number of piperidine rings is 1. The summed E-state index contributed by atoms with van der Waals surface area (Å²) in [6, 6.07) is 2.71. The van der Waals surface area contributed by atoms with Crippen LogP contribution in [0.5, 0.6) is 0 Å². The van der Waals surface area contributed by atoms with Crippen LogP contribution in [0.3, 0.4) is 0 Å². The maximum atomic E-state index is 12.9. The number of rotatable bonds is 2. The number of nitrogens with zero attached hydrogens (tertiary/aromatic N) is 1. The van der Waals surface area contributed by atoms with E-state index in [-0.39, 0.29) is 0 Å². The molecule has 0 N–H and O–H groups in total. The summed E-state index contributed by atoms with van der Waals surface area (Å²) in [5.74, 6) is 3.05. The molecule has 1 aromatic rings. The molecule has 5 atom stereocenters. The van der Waals surface area contributed by atoms with Gasteiger partial charge in [0.15, 0.2) is 0 Å². The van der Waals surface area contributed by atoms with Gasteiger partial charge in [0, 0.05) is 22.8 Å². The molecule has 2 bridgehead atoms. The number of hydrogen-bond donors (Lipinski definition) is 0. The Morgan fingerprint density at radius 2 is 2.25 bits per heavy atom. The van der Waals surface area contributed by atoms with Gasteiger partial charge < -0.3 is 4.90 Å². The fraction of sp³-hybridized carbons (Fsp3) is 0.706. The van der Waals surface area contributed by atoms with Crippen molar-refractivity contribution < 1.29 is 4.79 Å². The van der Waals surface area contributed by atoms with Crippen LogP contribution >= 0.6 is 11.3 Å². The van der Waals surface area contributed by atoms with Gasteiger partial charge in [-0.2, -0.15) is 0 Å². The second kappa shape index (κ2) is 3.68. The molecule has 2 nitrogen and oxygen atoms in total. The number of likely N-dealkylation sites (tertiary alicyclic amines) is 1. The molecule has 3 aliphatic carbocycles. The first-order valence-corrected chi connectivity index (χ1v) is 8.98. The number of carbonyl (C=O) groups is 1. The summed E-state index contributed by atoms with van der Waals surface area (Å²) in [6.45, 7) is 3.20.